The number of hydrogen-bond donors (Lipinski definition) is 2. The van der Waals surface area contributed by atoms with Crippen molar-refractivity contribution in [2.45, 2.75) is 11.8 Å². The highest BCUT2D eigenvalue weighted by molar-refractivity contribution is 7.92. The second-order valence-corrected chi connectivity index (χ2v) is 6.70. The lowest BCUT2D eigenvalue weighted by Gasteiger charge is -2.06. The molecule has 3 aromatic rings. The van der Waals surface area contributed by atoms with Gasteiger partial charge in [-0.25, -0.2) is 8.42 Å². The Kier molecular flexibility index (Phi) is 3.67. The maximum Gasteiger partial charge on any atom is 0.265 e. The molecule has 0 bridgehead atoms. The lowest BCUT2D eigenvalue weighted by Crippen LogP contribution is -2.13. The number of rotatable bonds is 4. The topological polar surface area (TPSA) is 88.0 Å². The molecule has 0 radical (unpaired) electrons. The number of aromatic amines is 1. The van der Waals surface area contributed by atoms with Crippen LogP contribution in [0.15, 0.2) is 51.9 Å². The minimum absolute atomic E-state index is 0.0667. The molecule has 2 N–H and O–H groups in total. The lowest BCUT2D eigenvalue weighted by molar-refractivity contribution is 0.534. The summed E-state index contributed by atoms with van der Waals surface area (Å²) in [5, 5.41) is 6.99. The van der Waals surface area contributed by atoms with Crippen LogP contribution < -0.4 is 4.72 Å². The minimum Gasteiger partial charge on any atom is -0.458 e. The molecule has 0 aliphatic carbocycles. The summed E-state index contributed by atoms with van der Waals surface area (Å²) in [6, 6.07) is 9.63. The van der Waals surface area contributed by atoms with Crippen LogP contribution in [0.2, 0.25) is 5.02 Å². The zero-order chi connectivity index (χ0) is 15.7. The smallest absolute Gasteiger partial charge is 0.265 e. The van der Waals surface area contributed by atoms with Crippen molar-refractivity contribution in [3.05, 3.63) is 53.4 Å². The van der Waals surface area contributed by atoms with Crippen LogP contribution in [-0.2, 0) is 10.0 Å². The molecule has 0 saturated carbocycles. The predicted molar refractivity (Wildman–Crippen MR) is 83.3 cm³/mol. The quantitative estimate of drug-likeness (QED) is 0.763. The average Bonchev–Trinajstić information content (AvgIpc) is 3.07. The van der Waals surface area contributed by atoms with E-state index in [1.807, 2.05) is 0 Å². The lowest BCUT2D eigenvalue weighted by atomic mass is 10.3. The van der Waals surface area contributed by atoms with Gasteiger partial charge in [0.1, 0.15) is 16.3 Å². The van der Waals surface area contributed by atoms with E-state index in [2.05, 4.69) is 14.9 Å². The second kappa shape index (κ2) is 5.51. The van der Waals surface area contributed by atoms with Crippen molar-refractivity contribution in [1.29, 1.82) is 0 Å². The number of furan rings is 1. The molecule has 0 unspecified atom stereocenters. The molecule has 22 heavy (non-hydrogen) atoms. The van der Waals surface area contributed by atoms with Gasteiger partial charge in [0.25, 0.3) is 10.0 Å². The standard InChI is InChI=1S/C14H12ClN3O3S/c1-9-14(8-13(21-9)12-5-6-16-17-12)22(19,20)18-11-4-2-3-10(15)7-11/h2-8,18H,1H3,(H,16,17). The number of H-pyrrole nitrogens is 1. The van der Waals surface area contributed by atoms with Gasteiger partial charge in [-0.15, -0.1) is 0 Å². The fraction of sp³-hybridized carbons (Fsp3) is 0.0714. The second-order valence-electron chi connectivity index (χ2n) is 4.62. The number of aryl methyl sites for hydroxylation is 1. The van der Waals surface area contributed by atoms with Crippen LogP contribution >= 0.6 is 11.6 Å². The average molecular weight is 338 g/mol. The highest BCUT2D eigenvalue weighted by Crippen LogP contribution is 2.28. The Morgan fingerprint density at radius 3 is 2.77 bits per heavy atom. The number of aromatic nitrogens is 2. The number of anilines is 1. The van der Waals surface area contributed by atoms with E-state index >= 15 is 0 Å². The zero-order valence-electron chi connectivity index (χ0n) is 11.5. The molecule has 3 rings (SSSR count). The third-order valence-electron chi connectivity index (χ3n) is 3.00. The van der Waals surface area contributed by atoms with Crippen molar-refractivity contribution in [1.82, 2.24) is 10.2 Å². The Labute approximate surface area is 132 Å². The van der Waals surface area contributed by atoms with Gasteiger partial charge in [-0.2, -0.15) is 5.10 Å². The van der Waals surface area contributed by atoms with Gasteiger partial charge in [-0.3, -0.25) is 9.82 Å². The summed E-state index contributed by atoms with van der Waals surface area (Å²) in [6.45, 7) is 1.59. The first kappa shape index (κ1) is 14.7. The maximum atomic E-state index is 12.5. The zero-order valence-corrected chi connectivity index (χ0v) is 13.1. The van der Waals surface area contributed by atoms with E-state index in [0.29, 0.717) is 27.9 Å². The van der Waals surface area contributed by atoms with E-state index < -0.39 is 10.0 Å². The molecule has 0 aliphatic heterocycles. The van der Waals surface area contributed by atoms with Crippen molar-refractivity contribution in [3.63, 3.8) is 0 Å². The Morgan fingerprint density at radius 1 is 1.27 bits per heavy atom. The fourth-order valence-electron chi connectivity index (χ4n) is 2.02. The van der Waals surface area contributed by atoms with Gasteiger partial charge in [-0.1, -0.05) is 17.7 Å². The van der Waals surface area contributed by atoms with Gasteiger partial charge in [0, 0.05) is 17.3 Å². The third-order valence-corrected chi connectivity index (χ3v) is 4.73. The molecule has 0 atom stereocenters. The Balaban J connectivity index is 1.96. The van der Waals surface area contributed by atoms with Crippen LogP contribution in [0.25, 0.3) is 11.5 Å². The molecule has 0 spiro atoms. The number of benzene rings is 1. The Hall–Kier alpha value is -2.25. The summed E-state index contributed by atoms with van der Waals surface area (Å²) in [4.78, 5) is 0.0667. The molecule has 2 heterocycles. The summed E-state index contributed by atoms with van der Waals surface area (Å²) in [5.74, 6) is 0.695. The monoisotopic (exact) mass is 337 g/mol. The van der Waals surface area contributed by atoms with Crippen molar-refractivity contribution < 1.29 is 12.8 Å². The van der Waals surface area contributed by atoms with Crippen molar-refractivity contribution in [2.24, 2.45) is 0 Å². The molecule has 6 nitrogen and oxygen atoms in total. The highest BCUT2D eigenvalue weighted by Gasteiger charge is 2.22. The molecule has 0 saturated heterocycles. The van der Waals surface area contributed by atoms with Crippen LogP contribution in [0, 0.1) is 6.92 Å². The van der Waals surface area contributed by atoms with Gasteiger partial charge in [0.05, 0.1) is 5.69 Å². The third kappa shape index (κ3) is 2.86. The van der Waals surface area contributed by atoms with Crippen molar-refractivity contribution in [3.8, 4) is 11.5 Å². The first-order valence-corrected chi connectivity index (χ1v) is 8.20. The van der Waals surface area contributed by atoms with Crippen molar-refractivity contribution in [2.75, 3.05) is 4.72 Å². The number of halogens is 1. The predicted octanol–water partition coefficient (Wildman–Crippen LogP) is 3.43. The van der Waals surface area contributed by atoms with E-state index in [4.69, 9.17) is 16.0 Å². The number of hydrogen-bond acceptors (Lipinski definition) is 4. The SMILES string of the molecule is Cc1oc(-c2ccn[nH]2)cc1S(=O)(=O)Nc1cccc(Cl)c1. The van der Waals surface area contributed by atoms with E-state index in [1.54, 1.807) is 37.4 Å². The van der Waals surface area contributed by atoms with Gasteiger partial charge >= 0.3 is 0 Å². The first-order valence-electron chi connectivity index (χ1n) is 6.34. The summed E-state index contributed by atoms with van der Waals surface area (Å²) in [7, 11) is -3.77. The van der Waals surface area contributed by atoms with E-state index in [1.165, 1.54) is 12.1 Å². The van der Waals surface area contributed by atoms with Gasteiger partial charge in [0.2, 0.25) is 0 Å². The molecule has 0 fully saturated rings. The molecule has 0 amide bonds. The first-order chi connectivity index (χ1) is 10.5. The van der Waals surface area contributed by atoms with E-state index in [-0.39, 0.29) is 4.90 Å². The van der Waals surface area contributed by atoms with Crippen molar-refractivity contribution >= 4 is 27.3 Å². The summed E-state index contributed by atoms with van der Waals surface area (Å²) < 4.78 is 32.9. The van der Waals surface area contributed by atoms with Gasteiger partial charge < -0.3 is 4.42 Å². The Morgan fingerprint density at radius 2 is 2.09 bits per heavy atom. The summed E-state index contributed by atoms with van der Waals surface area (Å²) >= 11 is 5.86. The molecular formula is C14H12ClN3O3S. The molecule has 1 aromatic carbocycles. The molecule has 114 valence electrons. The number of nitrogens with zero attached hydrogens (tertiary/aromatic N) is 1. The largest absolute Gasteiger partial charge is 0.458 e. The van der Waals surface area contributed by atoms with Crippen LogP contribution in [0.1, 0.15) is 5.76 Å². The number of sulfonamides is 1. The van der Waals surface area contributed by atoms with E-state index in [0.717, 1.165) is 0 Å². The molecule has 0 aliphatic rings. The van der Waals surface area contributed by atoms with Gasteiger partial charge in [0.15, 0.2) is 5.76 Å². The van der Waals surface area contributed by atoms with Crippen LogP contribution in [-0.4, -0.2) is 18.6 Å². The fourth-order valence-corrected chi connectivity index (χ4v) is 3.44. The molecule has 8 heteroatoms. The molecular weight excluding hydrogens is 326 g/mol. The summed E-state index contributed by atoms with van der Waals surface area (Å²) in [6.07, 6.45) is 1.56. The Bertz CT molecular complexity index is 901. The highest BCUT2D eigenvalue weighted by atomic mass is 35.5. The van der Waals surface area contributed by atoms with Gasteiger partial charge in [-0.05, 0) is 31.2 Å². The van der Waals surface area contributed by atoms with E-state index in [9.17, 15) is 8.42 Å². The maximum absolute atomic E-state index is 12.5. The van der Waals surface area contributed by atoms with Crippen LogP contribution in [0.5, 0.6) is 0 Å². The number of nitrogens with one attached hydrogen (secondary N) is 2. The van der Waals surface area contributed by atoms with Crippen LogP contribution in [0.3, 0.4) is 0 Å². The minimum atomic E-state index is -3.77. The molecule has 2 aromatic heterocycles. The van der Waals surface area contributed by atoms with Crippen LogP contribution in [0.4, 0.5) is 5.69 Å². The normalized spacial score (nSPS) is 11.5. The summed E-state index contributed by atoms with van der Waals surface area (Å²) in [5.41, 5.74) is 0.989.